The topological polar surface area (TPSA) is 56.8 Å². The highest BCUT2D eigenvalue weighted by molar-refractivity contribution is 6.35. The molecule has 1 saturated heterocycles. The van der Waals surface area contributed by atoms with Crippen molar-refractivity contribution in [1.29, 1.82) is 0 Å². The molecule has 1 aromatic carbocycles. The number of hydrogen-bond donors (Lipinski definition) is 0. The van der Waals surface area contributed by atoms with Crippen LogP contribution in [0.2, 0.25) is 0 Å². The minimum absolute atomic E-state index is 0.0599. The van der Waals surface area contributed by atoms with Gasteiger partial charge in [0.2, 0.25) is 0 Å². The molecule has 0 unspecified atom stereocenters. The van der Waals surface area contributed by atoms with Gasteiger partial charge in [-0.15, -0.1) is 0 Å². The number of halogens is 1. The Hall–Kier alpha value is -3.22. The highest BCUT2D eigenvalue weighted by atomic mass is 19.1. The molecule has 0 N–H and O–H groups in total. The van der Waals surface area contributed by atoms with E-state index in [0.29, 0.717) is 43.0 Å². The largest absolute Gasteiger partial charge is 0.363 e. The molecule has 0 spiro atoms. The molecule has 0 atom stereocenters. The molecule has 5 rings (SSSR count). The average molecular weight is 449 g/mol. The predicted octanol–water partition coefficient (Wildman–Crippen LogP) is 3.85. The van der Waals surface area contributed by atoms with Gasteiger partial charge in [-0.25, -0.2) is 9.37 Å². The maximum absolute atomic E-state index is 13.7. The molecular formula is C26H29FN4O2. The predicted molar refractivity (Wildman–Crippen MR) is 125 cm³/mol. The lowest BCUT2D eigenvalue weighted by atomic mass is 10.0. The van der Waals surface area contributed by atoms with Gasteiger partial charge in [0.05, 0.1) is 5.57 Å². The third-order valence-corrected chi connectivity index (χ3v) is 6.98. The molecule has 172 valence electrons. The first kappa shape index (κ1) is 21.6. The normalized spacial score (nSPS) is 20.6. The zero-order valence-electron chi connectivity index (χ0n) is 18.8. The molecule has 7 heteroatoms. The van der Waals surface area contributed by atoms with Crippen LogP contribution in [-0.2, 0) is 9.59 Å². The molecule has 6 nitrogen and oxygen atoms in total. The maximum Gasteiger partial charge on any atom is 0.278 e. The van der Waals surface area contributed by atoms with Crippen molar-refractivity contribution in [3.63, 3.8) is 0 Å². The second-order valence-electron chi connectivity index (χ2n) is 9.02. The summed E-state index contributed by atoms with van der Waals surface area (Å²) in [6.07, 6.45) is 7.85. The van der Waals surface area contributed by atoms with Gasteiger partial charge in [-0.1, -0.05) is 43.9 Å². The van der Waals surface area contributed by atoms with Gasteiger partial charge in [0.25, 0.3) is 11.8 Å². The Bertz CT molecular complexity index is 1040. The number of aromatic nitrogens is 1. The molecule has 2 aromatic rings. The van der Waals surface area contributed by atoms with E-state index in [1.807, 2.05) is 23.1 Å². The highest BCUT2D eigenvalue weighted by Crippen LogP contribution is 2.36. The van der Waals surface area contributed by atoms with E-state index in [4.69, 9.17) is 0 Å². The van der Waals surface area contributed by atoms with Gasteiger partial charge >= 0.3 is 0 Å². The third-order valence-electron chi connectivity index (χ3n) is 6.98. The number of rotatable bonds is 4. The van der Waals surface area contributed by atoms with Crippen LogP contribution in [-0.4, -0.2) is 58.8 Å². The standard InChI is InChI=1S/C26H29FN4O2/c27-20-12-10-19(11-13-20)23-24(26(33)31(25(23)32)21-7-3-1-2-4-8-21)30-17-15-29(16-18-30)22-9-5-6-14-28-22/h5-6,9-14,21H,1-4,7-8,15-18H2. The van der Waals surface area contributed by atoms with Gasteiger partial charge in [0.15, 0.2) is 0 Å². The van der Waals surface area contributed by atoms with E-state index < -0.39 is 0 Å². The quantitative estimate of drug-likeness (QED) is 0.525. The van der Waals surface area contributed by atoms with E-state index in [-0.39, 0.29) is 23.7 Å². The molecular weight excluding hydrogens is 419 g/mol. The Morgan fingerprint density at radius 2 is 1.45 bits per heavy atom. The number of carbonyl (C=O) groups is 2. The van der Waals surface area contributed by atoms with Crippen molar-refractivity contribution < 1.29 is 14.0 Å². The van der Waals surface area contributed by atoms with E-state index in [2.05, 4.69) is 9.88 Å². The summed E-state index contributed by atoms with van der Waals surface area (Å²) in [6, 6.07) is 11.7. The van der Waals surface area contributed by atoms with E-state index in [1.54, 1.807) is 18.3 Å². The number of hydrogen-bond acceptors (Lipinski definition) is 5. The molecule has 3 aliphatic rings. The van der Waals surface area contributed by atoms with E-state index >= 15 is 0 Å². The van der Waals surface area contributed by atoms with E-state index in [9.17, 15) is 14.0 Å². The van der Waals surface area contributed by atoms with Crippen molar-refractivity contribution in [2.24, 2.45) is 0 Å². The lowest BCUT2D eigenvalue weighted by Crippen LogP contribution is -2.48. The van der Waals surface area contributed by atoms with Gasteiger partial charge in [0, 0.05) is 38.4 Å². The van der Waals surface area contributed by atoms with Crippen LogP contribution in [0.15, 0.2) is 54.4 Å². The molecule has 3 heterocycles. The van der Waals surface area contributed by atoms with Crippen LogP contribution in [0.5, 0.6) is 0 Å². The zero-order valence-corrected chi connectivity index (χ0v) is 18.8. The first-order chi connectivity index (χ1) is 16.1. The van der Waals surface area contributed by atoms with Crippen LogP contribution in [0.4, 0.5) is 10.2 Å². The first-order valence-electron chi connectivity index (χ1n) is 11.9. The molecule has 2 amide bonds. The summed E-state index contributed by atoms with van der Waals surface area (Å²) in [7, 11) is 0. The molecule has 2 fully saturated rings. The van der Waals surface area contributed by atoms with Crippen molar-refractivity contribution in [2.45, 2.75) is 44.6 Å². The van der Waals surface area contributed by atoms with Crippen LogP contribution >= 0.6 is 0 Å². The van der Waals surface area contributed by atoms with Crippen molar-refractivity contribution in [1.82, 2.24) is 14.8 Å². The smallest absolute Gasteiger partial charge is 0.278 e. The minimum atomic E-state index is -0.359. The van der Waals surface area contributed by atoms with Crippen LogP contribution in [0.1, 0.15) is 44.1 Å². The fourth-order valence-corrected chi connectivity index (χ4v) is 5.25. The van der Waals surface area contributed by atoms with Crippen molar-refractivity contribution in [3.05, 3.63) is 65.7 Å². The summed E-state index contributed by atoms with van der Waals surface area (Å²) in [5, 5.41) is 0. The van der Waals surface area contributed by atoms with Crippen LogP contribution in [0.25, 0.3) is 5.57 Å². The summed E-state index contributed by atoms with van der Waals surface area (Å²) in [5.74, 6) is 0.124. The number of benzene rings is 1. The van der Waals surface area contributed by atoms with Crippen LogP contribution in [0.3, 0.4) is 0 Å². The summed E-state index contributed by atoms with van der Waals surface area (Å²) < 4.78 is 13.6. The summed E-state index contributed by atoms with van der Waals surface area (Å²) in [4.78, 5) is 37.6. The fourth-order valence-electron chi connectivity index (χ4n) is 5.25. The molecule has 0 radical (unpaired) electrons. The van der Waals surface area contributed by atoms with Crippen LogP contribution < -0.4 is 4.90 Å². The number of pyridine rings is 1. The van der Waals surface area contributed by atoms with E-state index in [1.165, 1.54) is 17.0 Å². The highest BCUT2D eigenvalue weighted by Gasteiger charge is 2.45. The Kier molecular flexibility index (Phi) is 6.11. The number of nitrogens with zero attached hydrogens (tertiary/aromatic N) is 4. The SMILES string of the molecule is O=C1C(c2ccc(F)cc2)=C(N2CCN(c3ccccn3)CC2)C(=O)N1C1CCCCCC1. The molecule has 2 aliphatic heterocycles. The molecule has 1 aliphatic carbocycles. The van der Waals surface area contributed by atoms with Crippen molar-refractivity contribution >= 4 is 23.2 Å². The number of imide groups is 1. The fraction of sp³-hybridized carbons (Fsp3) is 0.423. The van der Waals surface area contributed by atoms with Crippen LogP contribution in [0, 0.1) is 5.82 Å². The lowest BCUT2D eigenvalue weighted by Gasteiger charge is -2.37. The second-order valence-corrected chi connectivity index (χ2v) is 9.02. The molecule has 1 saturated carbocycles. The number of piperazine rings is 1. The number of anilines is 1. The maximum atomic E-state index is 13.7. The van der Waals surface area contributed by atoms with Gasteiger partial charge in [-0.2, -0.15) is 0 Å². The Labute approximate surface area is 193 Å². The lowest BCUT2D eigenvalue weighted by molar-refractivity contribution is -0.140. The van der Waals surface area contributed by atoms with Gasteiger partial charge in [-0.05, 0) is 42.7 Å². The Morgan fingerprint density at radius 1 is 0.788 bits per heavy atom. The van der Waals surface area contributed by atoms with Crippen molar-refractivity contribution in [3.8, 4) is 0 Å². The van der Waals surface area contributed by atoms with Gasteiger partial charge in [0.1, 0.15) is 17.3 Å². The summed E-state index contributed by atoms with van der Waals surface area (Å²) >= 11 is 0. The average Bonchev–Trinajstić information content (AvgIpc) is 3.00. The number of carbonyl (C=O) groups excluding carboxylic acids is 2. The Morgan fingerprint density at radius 3 is 2.09 bits per heavy atom. The third kappa shape index (κ3) is 4.24. The first-order valence-corrected chi connectivity index (χ1v) is 11.9. The molecule has 0 bridgehead atoms. The molecule has 1 aromatic heterocycles. The monoisotopic (exact) mass is 448 g/mol. The summed E-state index contributed by atoms with van der Waals surface area (Å²) in [6.45, 7) is 2.66. The minimum Gasteiger partial charge on any atom is -0.363 e. The zero-order chi connectivity index (χ0) is 22.8. The van der Waals surface area contributed by atoms with Crippen molar-refractivity contribution in [2.75, 3.05) is 31.1 Å². The van der Waals surface area contributed by atoms with Gasteiger partial charge < -0.3 is 9.80 Å². The second kappa shape index (κ2) is 9.33. The Balaban J connectivity index is 1.45. The van der Waals surface area contributed by atoms with E-state index in [0.717, 1.165) is 44.3 Å². The van der Waals surface area contributed by atoms with Gasteiger partial charge in [-0.3, -0.25) is 14.5 Å². The number of amides is 2. The molecule has 33 heavy (non-hydrogen) atoms. The summed E-state index contributed by atoms with van der Waals surface area (Å²) in [5.41, 5.74) is 1.49.